The number of hydrogen-bond donors (Lipinski definition) is 3. The molecule has 0 spiro atoms. The van der Waals surface area contributed by atoms with Gasteiger partial charge < -0.3 is 20.3 Å². The Morgan fingerprint density at radius 2 is 1.89 bits per heavy atom. The number of benzene rings is 1. The molecule has 0 radical (unpaired) electrons. The Labute approximate surface area is 108 Å². The molecule has 1 heterocycles. The maximum absolute atomic E-state index is 9.48. The number of aromatic hydroxyl groups is 2. The van der Waals surface area contributed by atoms with Crippen molar-refractivity contribution in [1.29, 1.82) is 0 Å². The third kappa shape index (κ3) is 3.15. The van der Waals surface area contributed by atoms with Crippen LogP contribution in [0.15, 0.2) is 18.2 Å². The molecule has 3 unspecified atom stereocenters. The molecule has 1 saturated heterocycles. The van der Waals surface area contributed by atoms with E-state index in [4.69, 9.17) is 4.74 Å². The molecule has 1 aromatic carbocycles. The Kier molecular flexibility index (Phi) is 4.09. The largest absolute Gasteiger partial charge is 0.508 e. The van der Waals surface area contributed by atoms with E-state index in [2.05, 4.69) is 12.2 Å². The van der Waals surface area contributed by atoms with Gasteiger partial charge in [-0.1, -0.05) is 0 Å². The van der Waals surface area contributed by atoms with Crippen LogP contribution in [-0.2, 0) is 4.74 Å². The van der Waals surface area contributed by atoms with Gasteiger partial charge in [-0.2, -0.15) is 0 Å². The number of rotatable bonds is 4. The summed E-state index contributed by atoms with van der Waals surface area (Å²) in [7, 11) is 0. The van der Waals surface area contributed by atoms with Gasteiger partial charge in [-0.25, -0.2) is 0 Å². The smallest absolute Gasteiger partial charge is 0.119 e. The van der Waals surface area contributed by atoms with Crippen LogP contribution in [0, 0.1) is 0 Å². The van der Waals surface area contributed by atoms with Crippen LogP contribution in [0.1, 0.15) is 38.3 Å². The number of ether oxygens (including phenoxy) is 1. The van der Waals surface area contributed by atoms with Gasteiger partial charge in [0.05, 0.1) is 6.10 Å². The van der Waals surface area contributed by atoms with Crippen LogP contribution in [0.3, 0.4) is 0 Å². The fraction of sp³-hybridized carbons (Fsp3) is 0.571. The van der Waals surface area contributed by atoms with Crippen molar-refractivity contribution in [2.75, 3.05) is 6.61 Å². The van der Waals surface area contributed by atoms with Crippen molar-refractivity contribution < 1.29 is 14.9 Å². The molecule has 4 heteroatoms. The van der Waals surface area contributed by atoms with E-state index >= 15 is 0 Å². The molecular weight excluding hydrogens is 230 g/mol. The third-order valence-corrected chi connectivity index (χ3v) is 3.46. The minimum Gasteiger partial charge on any atom is -0.508 e. The first-order valence-corrected chi connectivity index (χ1v) is 6.47. The highest BCUT2D eigenvalue weighted by atomic mass is 16.5. The fourth-order valence-electron chi connectivity index (χ4n) is 2.46. The van der Waals surface area contributed by atoms with E-state index in [0.29, 0.717) is 0 Å². The molecule has 0 aromatic heterocycles. The Morgan fingerprint density at radius 3 is 2.44 bits per heavy atom. The molecule has 1 aliphatic heterocycles. The third-order valence-electron chi connectivity index (χ3n) is 3.46. The molecular formula is C14H21NO3. The van der Waals surface area contributed by atoms with E-state index in [9.17, 15) is 10.2 Å². The summed E-state index contributed by atoms with van der Waals surface area (Å²) in [6.07, 6.45) is 2.47. The van der Waals surface area contributed by atoms with Crippen molar-refractivity contribution >= 4 is 0 Å². The molecule has 1 fully saturated rings. The van der Waals surface area contributed by atoms with Crippen LogP contribution in [0.2, 0.25) is 0 Å². The van der Waals surface area contributed by atoms with Crippen LogP contribution in [0.5, 0.6) is 11.5 Å². The van der Waals surface area contributed by atoms with Crippen LogP contribution < -0.4 is 5.32 Å². The zero-order valence-corrected chi connectivity index (χ0v) is 10.9. The van der Waals surface area contributed by atoms with Crippen LogP contribution >= 0.6 is 0 Å². The molecule has 100 valence electrons. The van der Waals surface area contributed by atoms with Crippen molar-refractivity contribution in [3.05, 3.63) is 23.8 Å². The fourth-order valence-corrected chi connectivity index (χ4v) is 2.46. The maximum atomic E-state index is 9.48. The second kappa shape index (κ2) is 5.59. The minimum atomic E-state index is 0.0576. The summed E-state index contributed by atoms with van der Waals surface area (Å²) in [5.74, 6) is 0.173. The molecule has 18 heavy (non-hydrogen) atoms. The summed E-state index contributed by atoms with van der Waals surface area (Å²) < 4.78 is 5.64. The van der Waals surface area contributed by atoms with E-state index < -0.39 is 0 Å². The van der Waals surface area contributed by atoms with Crippen LogP contribution in [0.25, 0.3) is 0 Å². The summed E-state index contributed by atoms with van der Waals surface area (Å²) in [6.45, 7) is 4.97. The predicted molar refractivity (Wildman–Crippen MR) is 69.8 cm³/mol. The van der Waals surface area contributed by atoms with E-state index in [1.807, 2.05) is 6.92 Å². The van der Waals surface area contributed by atoms with E-state index in [1.165, 1.54) is 6.07 Å². The Bertz CT molecular complexity index is 382. The van der Waals surface area contributed by atoms with Crippen molar-refractivity contribution in [3.8, 4) is 11.5 Å². The predicted octanol–water partition coefficient (Wildman–Crippen LogP) is 2.32. The Balaban J connectivity index is 1.99. The lowest BCUT2D eigenvalue weighted by atomic mass is 10.0. The van der Waals surface area contributed by atoms with Crippen molar-refractivity contribution in [1.82, 2.24) is 5.32 Å². The van der Waals surface area contributed by atoms with Crippen molar-refractivity contribution in [2.45, 2.75) is 44.9 Å². The first-order chi connectivity index (χ1) is 8.56. The zero-order chi connectivity index (χ0) is 13.1. The van der Waals surface area contributed by atoms with Crippen LogP contribution in [0.4, 0.5) is 0 Å². The SMILES string of the molecule is CC(NC(C)C1CCCO1)c1cc(O)cc(O)c1. The first-order valence-electron chi connectivity index (χ1n) is 6.47. The minimum absolute atomic E-state index is 0.0576. The second-order valence-electron chi connectivity index (χ2n) is 5.01. The maximum Gasteiger partial charge on any atom is 0.119 e. The van der Waals surface area contributed by atoms with E-state index in [1.54, 1.807) is 12.1 Å². The summed E-state index contributed by atoms with van der Waals surface area (Å²) in [6, 6.07) is 4.98. The molecule has 1 aliphatic rings. The average Bonchev–Trinajstić information content (AvgIpc) is 2.80. The van der Waals surface area contributed by atoms with Gasteiger partial charge in [-0.3, -0.25) is 0 Å². The molecule has 4 nitrogen and oxygen atoms in total. The van der Waals surface area contributed by atoms with Gasteiger partial charge in [0.15, 0.2) is 0 Å². The summed E-state index contributed by atoms with van der Waals surface area (Å²) in [4.78, 5) is 0. The number of nitrogens with one attached hydrogen (secondary N) is 1. The normalized spacial score (nSPS) is 22.9. The van der Waals surface area contributed by atoms with Gasteiger partial charge in [0.25, 0.3) is 0 Å². The molecule has 0 aliphatic carbocycles. The highest BCUT2D eigenvalue weighted by molar-refractivity contribution is 5.37. The lowest BCUT2D eigenvalue weighted by molar-refractivity contribution is 0.0804. The Morgan fingerprint density at radius 1 is 1.22 bits per heavy atom. The highest BCUT2D eigenvalue weighted by Gasteiger charge is 2.23. The van der Waals surface area contributed by atoms with Gasteiger partial charge >= 0.3 is 0 Å². The standard InChI is InChI=1S/C14H21NO3/c1-9(11-6-12(16)8-13(17)7-11)15-10(2)14-4-3-5-18-14/h6-10,14-17H,3-5H2,1-2H3. The monoisotopic (exact) mass is 251 g/mol. The van der Waals surface area contributed by atoms with E-state index in [0.717, 1.165) is 25.0 Å². The van der Waals surface area contributed by atoms with Gasteiger partial charge in [0.1, 0.15) is 11.5 Å². The van der Waals surface area contributed by atoms with Crippen LogP contribution in [-0.4, -0.2) is 29.0 Å². The van der Waals surface area contributed by atoms with Gasteiger partial charge in [-0.15, -0.1) is 0 Å². The summed E-state index contributed by atoms with van der Waals surface area (Å²) in [5.41, 5.74) is 0.873. The summed E-state index contributed by atoms with van der Waals surface area (Å²) >= 11 is 0. The Hall–Kier alpha value is -1.26. The molecule has 0 amide bonds. The molecule has 0 bridgehead atoms. The lowest BCUT2D eigenvalue weighted by Gasteiger charge is -2.24. The highest BCUT2D eigenvalue weighted by Crippen LogP contribution is 2.26. The number of phenols is 2. The van der Waals surface area contributed by atoms with Crippen molar-refractivity contribution in [2.24, 2.45) is 0 Å². The van der Waals surface area contributed by atoms with Gasteiger partial charge in [-0.05, 0) is 44.4 Å². The second-order valence-corrected chi connectivity index (χ2v) is 5.01. The zero-order valence-electron chi connectivity index (χ0n) is 10.9. The van der Waals surface area contributed by atoms with Crippen molar-refractivity contribution in [3.63, 3.8) is 0 Å². The molecule has 1 aromatic rings. The first kappa shape index (κ1) is 13.2. The quantitative estimate of drug-likeness (QED) is 0.768. The van der Waals surface area contributed by atoms with E-state index in [-0.39, 0.29) is 29.7 Å². The molecule has 0 saturated carbocycles. The van der Waals surface area contributed by atoms with Gasteiger partial charge in [0.2, 0.25) is 0 Å². The average molecular weight is 251 g/mol. The molecule has 3 N–H and O–H groups in total. The number of hydrogen-bond acceptors (Lipinski definition) is 4. The number of phenolic OH excluding ortho intramolecular Hbond substituents is 2. The lowest BCUT2D eigenvalue weighted by Crippen LogP contribution is -2.38. The van der Waals surface area contributed by atoms with Gasteiger partial charge in [0, 0.05) is 24.8 Å². The molecule has 2 rings (SSSR count). The topological polar surface area (TPSA) is 61.7 Å². The summed E-state index contributed by atoms with van der Waals surface area (Å²) in [5, 5.41) is 22.4. The molecule has 3 atom stereocenters.